The third-order valence-electron chi connectivity index (χ3n) is 4.70. The third kappa shape index (κ3) is 1.97. The number of likely N-dealkylation sites (N-methyl/N-ethyl adjacent to an activating group) is 1. The van der Waals surface area contributed by atoms with Crippen LogP contribution in [0.3, 0.4) is 0 Å². The van der Waals surface area contributed by atoms with E-state index in [1.807, 2.05) is 17.1 Å². The summed E-state index contributed by atoms with van der Waals surface area (Å²) in [4.78, 5) is 0. The predicted octanol–water partition coefficient (Wildman–Crippen LogP) is -3.67. The average Bonchev–Trinajstić information content (AvgIpc) is 2.93. The molecule has 4 saturated heterocycles. The molecule has 11 heteroatoms. The second-order valence-corrected chi connectivity index (χ2v) is 7.37. The van der Waals surface area contributed by atoms with Crippen molar-refractivity contribution in [1.29, 1.82) is 0 Å². The van der Waals surface area contributed by atoms with Crippen molar-refractivity contribution in [3.63, 3.8) is 0 Å². The first-order valence-electron chi connectivity index (χ1n) is 7.20. The van der Waals surface area contributed by atoms with Gasteiger partial charge in [-0.1, -0.05) is 0 Å². The van der Waals surface area contributed by atoms with Crippen molar-refractivity contribution >= 4 is 10.1 Å². The van der Waals surface area contributed by atoms with Gasteiger partial charge in [0.05, 0.1) is 12.2 Å². The van der Waals surface area contributed by atoms with Crippen molar-refractivity contribution in [3.05, 3.63) is 0 Å². The summed E-state index contributed by atoms with van der Waals surface area (Å²) in [6, 6.07) is -0.374. The summed E-state index contributed by atoms with van der Waals surface area (Å²) >= 11 is 0. The molecular formula is C10H21N7O3S. The van der Waals surface area contributed by atoms with Crippen LogP contribution < -0.4 is 21.3 Å². The Kier molecular flexibility index (Phi) is 3.26. The Morgan fingerprint density at radius 2 is 1.52 bits per heavy atom. The summed E-state index contributed by atoms with van der Waals surface area (Å²) in [6.45, 7) is 3.08. The standard InChI is InChI=1S/C10H21N7O3S/c1-15-8-9(14-5-4-13-8)16-7-6(11-2-3-12-7)10(17(15)16)21(18,19)20/h6-14H,2-5H2,1H3,(H,18,19,20). The van der Waals surface area contributed by atoms with E-state index < -0.39 is 15.5 Å². The summed E-state index contributed by atoms with van der Waals surface area (Å²) in [7, 11) is -2.38. The maximum Gasteiger partial charge on any atom is 0.285 e. The number of hydrogen-bond donors (Lipinski definition) is 5. The number of rotatable bonds is 1. The minimum atomic E-state index is -4.22. The molecule has 4 heterocycles. The van der Waals surface area contributed by atoms with E-state index in [2.05, 4.69) is 21.3 Å². The van der Waals surface area contributed by atoms with E-state index in [-0.39, 0.29) is 24.5 Å². The fourth-order valence-corrected chi connectivity index (χ4v) is 5.04. The number of piperazine rings is 2. The molecular weight excluding hydrogens is 298 g/mol. The van der Waals surface area contributed by atoms with Gasteiger partial charge in [0.1, 0.15) is 12.3 Å². The first-order chi connectivity index (χ1) is 10.00. The fraction of sp³-hybridized carbons (Fsp3) is 1.00. The van der Waals surface area contributed by atoms with Crippen LogP contribution in [0.5, 0.6) is 0 Å². The molecule has 0 saturated carbocycles. The van der Waals surface area contributed by atoms with Crippen LogP contribution in [0.4, 0.5) is 0 Å². The van der Waals surface area contributed by atoms with Crippen LogP contribution in [0.15, 0.2) is 0 Å². The van der Waals surface area contributed by atoms with Crippen LogP contribution >= 0.6 is 0 Å². The van der Waals surface area contributed by atoms with Crippen LogP contribution in [0, 0.1) is 0 Å². The van der Waals surface area contributed by atoms with Gasteiger partial charge in [-0.05, 0) is 0 Å². The zero-order chi connectivity index (χ0) is 14.8. The molecule has 0 radical (unpaired) electrons. The van der Waals surface area contributed by atoms with Gasteiger partial charge in [0.15, 0.2) is 5.37 Å². The molecule has 0 bridgehead atoms. The van der Waals surface area contributed by atoms with Gasteiger partial charge < -0.3 is 5.32 Å². The highest BCUT2D eigenvalue weighted by molar-refractivity contribution is 7.86. The number of hydrazine groups is 2. The lowest BCUT2D eigenvalue weighted by atomic mass is 10.1. The first kappa shape index (κ1) is 14.2. The Labute approximate surface area is 123 Å². The van der Waals surface area contributed by atoms with Gasteiger partial charge in [0.25, 0.3) is 10.1 Å². The monoisotopic (exact) mass is 319 g/mol. The highest BCUT2D eigenvalue weighted by Crippen LogP contribution is 2.37. The van der Waals surface area contributed by atoms with E-state index in [1.54, 1.807) is 5.12 Å². The topological polar surface area (TPSA) is 112 Å². The zero-order valence-electron chi connectivity index (χ0n) is 11.7. The first-order valence-corrected chi connectivity index (χ1v) is 8.70. The highest BCUT2D eigenvalue weighted by atomic mass is 32.2. The average molecular weight is 319 g/mol. The summed E-state index contributed by atoms with van der Waals surface area (Å²) in [5, 5.41) is 17.9. The molecule has 0 spiro atoms. The van der Waals surface area contributed by atoms with E-state index in [9.17, 15) is 13.0 Å². The van der Waals surface area contributed by atoms with Crippen molar-refractivity contribution in [2.45, 2.75) is 29.9 Å². The minimum Gasteiger partial charge on any atom is -0.308 e. The largest absolute Gasteiger partial charge is 0.308 e. The molecule has 5 N–H and O–H groups in total. The van der Waals surface area contributed by atoms with E-state index in [0.717, 1.165) is 19.6 Å². The summed E-state index contributed by atoms with van der Waals surface area (Å²) in [5.41, 5.74) is 0. The molecule has 4 fully saturated rings. The molecule has 5 atom stereocenters. The number of fused-ring (bicyclic) bond motifs is 5. The van der Waals surface area contributed by atoms with Crippen molar-refractivity contribution in [2.75, 3.05) is 33.2 Å². The lowest BCUT2D eigenvalue weighted by molar-refractivity contribution is -0.116. The molecule has 0 aromatic rings. The van der Waals surface area contributed by atoms with Gasteiger partial charge in [-0.3, -0.25) is 20.5 Å². The Balaban J connectivity index is 1.76. The number of hydrogen-bond acceptors (Lipinski definition) is 9. The van der Waals surface area contributed by atoms with Crippen molar-refractivity contribution in [3.8, 4) is 0 Å². The Morgan fingerprint density at radius 3 is 2.19 bits per heavy atom. The molecule has 4 rings (SSSR count). The summed E-state index contributed by atoms with van der Waals surface area (Å²) in [6.07, 6.45) is -0.224. The number of nitrogens with zero attached hydrogens (tertiary/aromatic N) is 3. The van der Waals surface area contributed by atoms with Crippen molar-refractivity contribution in [1.82, 2.24) is 36.4 Å². The lowest BCUT2D eigenvalue weighted by Gasteiger charge is -2.38. The molecule has 4 aliphatic rings. The van der Waals surface area contributed by atoms with Gasteiger partial charge in [-0.15, -0.1) is 5.12 Å². The SMILES string of the molecule is CN1C2NCCNC2N2C3NCCNC3C(S(=O)(=O)O)N12. The van der Waals surface area contributed by atoms with E-state index in [0.29, 0.717) is 6.54 Å². The molecule has 10 nitrogen and oxygen atoms in total. The predicted molar refractivity (Wildman–Crippen MR) is 73.9 cm³/mol. The van der Waals surface area contributed by atoms with E-state index in [1.165, 1.54) is 0 Å². The summed E-state index contributed by atoms with van der Waals surface area (Å²) in [5.74, 6) is 0. The van der Waals surface area contributed by atoms with Crippen LogP contribution in [0.25, 0.3) is 0 Å². The van der Waals surface area contributed by atoms with Gasteiger partial charge in [0.2, 0.25) is 0 Å². The van der Waals surface area contributed by atoms with E-state index in [4.69, 9.17) is 0 Å². The molecule has 0 amide bonds. The molecule has 0 aliphatic carbocycles. The Hall–Kier alpha value is -0.370. The van der Waals surface area contributed by atoms with E-state index >= 15 is 0 Å². The highest BCUT2D eigenvalue weighted by Gasteiger charge is 2.63. The van der Waals surface area contributed by atoms with Crippen molar-refractivity contribution < 1.29 is 13.0 Å². The molecule has 0 aromatic heterocycles. The second kappa shape index (κ2) is 4.81. The molecule has 21 heavy (non-hydrogen) atoms. The number of nitrogens with one attached hydrogen (secondary N) is 4. The third-order valence-corrected chi connectivity index (χ3v) is 5.79. The van der Waals surface area contributed by atoms with Crippen LogP contribution in [-0.2, 0) is 10.1 Å². The second-order valence-electron chi connectivity index (χ2n) is 5.86. The summed E-state index contributed by atoms with van der Waals surface area (Å²) < 4.78 is 33.6. The van der Waals surface area contributed by atoms with Crippen LogP contribution in [0.2, 0.25) is 0 Å². The molecule has 120 valence electrons. The normalized spacial score (nSPS) is 45.3. The van der Waals surface area contributed by atoms with Crippen LogP contribution in [-0.4, -0.2) is 91.2 Å². The van der Waals surface area contributed by atoms with Gasteiger partial charge in [-0.25, -0.2) is 5.01 Å². The van der Waals surface area contributed by atoms with Gasteiger partial charge >= 0.3 is 0 Å². The van der Waals surface area contributed by atoms with Crippen LogP contribution in [0.1, 0.15) is 0 Å². The van der Waals surface area contributed by atoms with Gasteiger partial charge in [-0.2, -0.15) is 13.4 Å². The fourth-order valence-electron chi connectivity index (χ4n) is 3.93. The zero-order valence-corrected chi connectivity index (χ0v) is 12.5. The lowest BCUT2D eigenvalue weighted by Crippen LogP contribution is -2.68. The molecule has 5 unspecified atom stereocenters. The maximum atomic E-state index is 11.9. The quantitative estimate of drug-likeness (QED) is 0.310. The van der Waals surface area contributed by atoms with Crippen molar-refractivity contribution in [2.24, 2.45) is 0 Å². The minimum absolute atomic E-state index is 0.0207. The Bertz CT molecular complexity index is 531. The Morgan fingerprint density at radius 1 is 0.952 bits per heavy atom. The molecule has 4 aliphatic heterocycles. The smallest absolute Gasteiger partial charge is 0.285 e. The van der Waals surface area contributed by atoms with Gasteiger partial charge in [0, 0.05) is 33.2 Å². The maximum absolute atomic E-state index is 11.9. The molecule has 0 aromatic carbocycles.